The smallest absolute Gasteiger partial charge is 0.241 e. The second-order valence-corrected chi connectivity index (χ2v) is 3.83. The third-order valence-corrected chi connectivity index (χ3v) is 2.65. The third-order valence-electron chi connectivity index (χ3n) is 2.65. The summed E-state index contributed by atoms with van der Waals surface area (Å²) in [4.78, 5) is 15.8. The molecular formula is C11H17Cl2N3O. The van der Waals surface area contributed by atoms with Crippen LogP contribution in [0.4, 0.5) is 5.69 Å². The van der Waals surface area contributed by atoms with Gasteiger partial charge in [0.05, 0.1) is 6.04 Å². The minimum Gasteiger partial charge on any atom is -0.324 e. The van der Waals surface area contributed by atoms with Crippen LogP contribution in [0, 0.1) is 6.92 Å². The van der Waals surface area contributed by atoms with Gasteiger partial charge < -0.3 is 10.6 Å². The molecule has 4 nitrogen and oxygen atoms in total. The van der Waals surface area contributed by atoms with Crippen LogP contribution in [0.5, 0.6) is 0 Å². The molecule has 0 saturated carbocycles. The number of amides is 1. The maximum Gasteiger partial charge on any atom is 0.241 e. The van der Waals surface area contributed by atoms with Gasteiger partial charge in [-0.3, -0.25) is 9.78 Å². The molecule has 0 unspecified atom stereocenters. The van der Waals surface area contributed by atoms with Gasteiger partial charge >= 0.3 is 0 Å². The number of halogens is 2. The van der Waals surface area contributed by atoms with Crippen LogP contribution in [-0.4, -0.2) is 23.5 Å². The van der Waals surface area contributed by atoms with E-state index in [1.54, 1.807) is 12.4 Å². The summed E-state index contributed by atoms with van der Waals surface area (Å²) >= 11 is 0. The van der Waals surface area contributed by atoms with E-state index in [2.05, 4.69) is 15.6 Å². The Balaban J connectivity index is 0.00000128. The topological polar surface area (TPSA) is 54.0 Å². The van der Waals surface area contributed by atoms with Crippen molar-refractivity contribution in [1.82, 2.24) is 10.3 Å². The van der Waals surface area contributed by atoms with Crippen molar-refractivity contribution in [2.45, 2.75) is 25.8 Å². The Labute approximate surface area is 113 Å². The second kappa shape index (κ2) is 7.48. The number of nitrogens with one attached hydrogen (secondary N) is 2. The number of aromatic nitrogens is 1. The van der Waals surface area contributed by atoms with Crippen LogP contribution in [0.1, 0.15) is 18.4 Å². The fraction of sp³-hybridized carbons (Fsp3) is 0.455. The van der Waals surface area contributed by atoms with Crippen molar-refractivity contribution in [3.8, 4) is 0 Å². The Hall–Kier alpha value is -0.840. The van der Waals surface area contributed by atoms with Crippen LogP contribution in [0.25, 0.3) is 0 Å². The molecule has 17 heavy (non-hydrogen) atoms. The number of hydrogen-bond donors (Lipinski definition) is 2. The third kappa shape index (κ3) is 4.15. The van der Waals surface area contributed by atoms with Gasteiger partial charge in [-0.25, -0.2) is 0 Å². The standard InChI is InChI=1S/C11H15N3O.2ClH/c1-8-7-12-6-4-9(8)14-11(15)10-3-2-5-13-10;;/h4,6-7,10,13H,2-3,5H2,1H3,(H,12,14,15);2*1H/t10-;;/m0../s1. The lowest BCUT2D eigenvalue weighted by molar-refractivity contribution is -0.117. The fourth-order valence-corrected chi connectivity index (χ4v) is 1.74. The molecule has 0 aromatic carbocycles. The number of pyridine rings is 1. The van der Waals surface area contributed by atoms with Crippen LogP contribution in [0.2, 0.25) is 0 Å². The van der Waals surface area contributed by atoms with Crippen LogP contribution in [0.3, 0.4) is 0 Å². The highest BCUT2D eigenvalue weighted by atomic mass is 35.5. The highest BCUT2D eigenvalue weighted by Crippen LogP contribution is 2.13. The fourth-order valence-electron chi connectivity index (χ4n) is 1.74. The van der Waals surface area contributed by atoms with Gasteiger partial charge in [-0.2, -0.15) is 0 Å². The zero-order valence-electron chi connectivity index (χ0n) is 9.60. The zero-order chi connectivity index (χ0) is 10.7. The molecular weight excluding hydrogens is 261 g/mol. The van der Waals surface area contributed by atoms with Gasteiger partial charge in [0.25, 0.3) is 0 Å². The summed E-state index contributed by atoms with van der Waals surface area (Å²) in [5.41, 5.74) is 1.84. The number of hydrogen-bond acceptors (Lipinski definition) is 3. The van der Waals surface area contributed by atoms with Gasteiger partial charge in [-0.1, -0.05) is 0 Å². The van der Waals surface area contributed by atoms with E-state index in [0.29, 0.717) is 0 Å². The van der Waals surface area contributed by atoms with Crippen molar-refractivity contribution in [1.29, 1.82) is 0 Å². The van der Waals surface area contributed by atoms with E-state index in [-0.39, 0.29) is 36.8 Å². The van der Waals surface area contributed by atoms with E-state index >= 15 is 0 Å². The van der Waals surface area contributed by atoms with Gasteiger partial charge in [-0.05, 0) is 37.9 Å². The van der Waals surface area contributed by atoms with Crippen LogP contribution in [0.15, 0.2) is 18.5 Å². The minimum absolute atomic E-state index is 0. The maximum atomic E-state index is 11.8. The van der Waals surface area contributed by atoms with Gasteiger partial charge in [0.1, 0.15) is 0 Å². The summed E-state index contributed by atoms with van der Waals surface area (Å²) in [7, 11) is 0. The van der Waals surface area contributed by atoms with E-state index in [1.807, 2.05) is 13.0 Å². The molecule has 0 spiro atoms. The van der Waals surface area contributed by atoms with Crippen molar-refractivity contribution in [2.24, 2.45) is 0 Å². The molecule has 1 atom stereocenters. The maximum absolute atomic E-state index is 11.8. The van der Waals surface area contributed by atoms with Crippen LogP contribution in [-0.2, 0) is 4.79 Å². The van der Waals surface area contributed by atoms with Crippen LogP contribution >= 0.6 is 24.8 Å². The van der Waals surface area contributed by atoms with E-state index in [1.165, 1.54) is 0 Å². The monoisotopic (exact) mass is 277 g/mol. The molecule has 2 rings (SSSR count). The van der Waals surface area contributed by atoms with Crippen LogP contribution < -0.4 is 10.6 Å². The number of rotatable bonds is 2. The summed E-state index contributed by atoms with van der Waals surface area (Å²) in [5, 5.41) is 6.08. The molecule has 2 N–H and O–H groups in total. The minimum atomic E-state index is -0.0300. The van der Waals surface area contributed by atoms with E-state index in [9.17, 15) is 4.79 Å². The molecule has 0 radical (unpaired) electrons. The highest BCUT2D eigenvalue weighted by Gasteiger charge is 2.22. The second-order valence-electron chi connectivity index (χ2n) is 3.83. The van der Waals surface area contributed by atoms with Gasteiger partial charge in [0.15, 0.2) is 0 Å². The molecule has 0 aliphatic carbocycles. The zero-order valence-corrected chi connectivity index (χ0v) is 11.2. The summed E-state index contributed by atoms with van der Waals surface area (Å²) in [5.74, 6) is 0.0572. The lowest BCUT2D eigenvalue weighted by Gasteiger charge is -2.12. The normalized spacial score (nSPS) is 17.8. The van der Waals surface area contributed by atoms with Gasteiger partial charge in [-0.15, -0.1) is 24.8 Å². The van der Waals surface area contributed by atoms with E-state index < -0.39 is 0 Å². The van der Waals surface area contributed by atoms with Crippen molar-refractivity contribution < 1.29 is 4.79 Å². The Morgan fingerprint density at radius 3 is 2.88 bits per heavy atom. The first-order valence-corrected chi connectivity index (χ1v) is 5.22. The quantitative estimate of drug-likeness (QED) is 0.869. The van der Waals surface area contributed by atoms with Gasteiger partial charge in [0.2, 0.25) is 5.91 Å². The first-order valence-electron chi connectivity index (χ1n) is 5.22. The molecule has 1 amide bonds. The highest BCUT2D eigenvalue weighted by molar-refractivity contribution is 5.95. The predicted molar refractivity (Wildman–Crippen MR) is 73.1 cm³/mol. The Bertz CT molecular complexity index is 367. The number of anilines is 1. The lowest BCUT2D eigenvalue weighted by atomic mass is 10.2. The molecule has 1 aromatic heterocycles. The molecule has 1 fully saturated rings. The van der Waals surface area contributed by atoms with Crippen molar-refractivity contribution in [2.75, 3.05) is 11.9 Å². The molecule has 1 saturated heterocycles. The van der Waals surface area contributed by atoms with E-state index in [0.717, 1.165) is 30.6 Å². The summed E-state index contributed by atoms with van der Waals surface area (Å²) < 4.78 is 0. The number of carbonyl (C=O) groups excluding carboxylic acids is 1. The lowest BCUT2D eigenvalue weighted by Crippen LogP contribution is -2.35. The summed E-state index contributed by atoms with van der Waals surface area (Å²) in [6, 6.07) is 1.79. The molecule has 1 aromatic rings. The average molecular weight is 278 g/mol. The Morgan fingerprint density at radius 2 is 2.29 bits per heavy atom. The SMILES string of the molecule is Cc1cnccc1NC(=O)[C@@H]1CCCN1.Cl.Cl. The molecule has 1 aliphatic rings. The molecule has 6 heteroatoms. The van der Waals surface area contributed by atoms with Gasteiger partial charge in [0, 0.05) is 18.1 Å². The number of nitrogens with zero attached hydrogens (tertiary/aromatic N) is 1. The van der Waals surface area contributed by atoms with Crippen molar-refractivity contribution >= 4 is 36.4 Å². The largest absolute Gasteiger partial charge is 0.324 e. The number of carbonyl (C=O) groups is 1. The van der Waals surface area contributed by atoms with Crippen molar-refractivity contribution in [3.05, 3.63) is 24.0 Å². The Kier molecular flexibility index (Phi) is 7.11. The first-order chi connectivity index (χ1) is 7.27. The molecule has 1 aliphatic heterocycles. The first kappa shape index (κ1) is 16.2. The van der Waals surface area contributed by atoms with E-state index in [4.69, 9.17) is 0 Å². The summed E-state index contributed by atoms with van der Waals surface area (Å²) in [6.07, 6.45) is 5.44. The molecule has 96 valence electrons. The molecule has 0 bridgehead atoms. The Morgan fingerprint density at radius 1 is 1.53 bits per heavy atom. The average Bonchev–Trinajstić information content (AvgIpc) is 2.74. The number of aryl methyl sites for hydroxylation is 1. The predicted octanol–water partition coefficient (Wildman–Crippen LogP) is 1.92. The molecule has 2 heterocycles. The summed E-state index contributed by atoms with van der Waals surface area (Å²) in [6.45, 7) is 2.87. The van der Waals surface area contributed by atoms with Crippen molar-refractivity contribution in [3.63, 3.8) is 0 Å².